The van der Waals surface area contributed by atoms with Gasteiger partial charge in [0, 0.05) is 10.9 Å². The Hall–Kier alpha value is -4.10. The van der Waals surface area contributed by atoms with E-state index in [1.54, 1.807) is 10.6 Å². The van der Waals surface area contributed by atoms with Crippen molar-refractivity contribution in [2.24, 2.45) is 4.99 Å². The number of nitrogens with one attached hydrogen (secondary N) is 1. The number of anilines is 1. The van der Waals surface area contributed by atoms with Crippen molar-refractivity contribution < 1.29 is 9.90 Å². The van der Waals surface area contributed by atoms with Crippen molar-refractivity contribution >= 4 is 35.5 Å². The Labute approximate surface area is 207 Å². The van der Waals surface area contributed by atoms with E-state index < -0.39 is 0 Å². The number of aromatic hydroxyl groups is 1. The largest absolute Gasteiger partial charge is 0.493 e. The van der Waals surface area contributed by atoms with Crippen molar-refractivity contribution in [2.75, 3.05) is 11.1 Å². The van der Waals surface area contributed by atoms with Crippen LogP contribution in [0.4, 0.5) is 5.69 Å². The molecule has 2 heterocycles. The van der Waals surface area contributed by atoms with E-state index in [1.807, 2.05) is 92.7 Å². The van der Waals surface area contributed by atoms with Gasteiger partial charge >= 0.3 is 0 Å². The molecule has 35 heavy (non-hydrogen) atoms. The van der Waals surface area contributed by atoms with Crippen LogP contribution in [0.25, 0.3) is 17.8 Å². The zero-order valence-corrected chi connectivity index (χ0v) is 20.2. The standard InChI is InChI=1S/C28H24N4O2S/c1-18-9-8-14-23(19(18)2)30-26(33)17-35-28-31-25(27(34)32(28)22-11-4-3-5-12-22)16-21-15-20-10-6-7-13-24(20)29-21/h3-16,34H,17H2,1-2H3,(H,30,33). The maximum atomic E-state index is 12.7. The van der Waals surface area contributed by atoms with Crippen molar-refractivity contribution in [2.45, 2.75) is 19.0 Å². The third kappa shape index (κ3) is 4.76. The fraction of sp³-hybridized carbons (Fsp3) is 0.107. The summed E-state index contributed by atoms with van der Waals surface area (Å²) in [5.74, 6) is 0.00946. The predicted octanol–water partition coefficient (Wildman–Crippen LogP) is 4.38. The van der Waals surface area contributed by atoms with Crippen LogP contribution in [0.1, 0.15) is 16.8 Å². The first kappa shape index (κ1) is 22.7. The molecule has 0 saturated heterocycles. The summed E-state index contributed by atoms with van der Waals surface area (Å²) in [5, 5.41) is 16.5. The van der Waals surface area contributed by atoms with Crippen molar-refractivity contribution in [3.05, 3.63) is 106 Å². The molecule has 5 rings (SSSR count). The number of thioether (sulfide) groups is 1. The van der Waals surface area contributed by atoms with E-state index in [1.165, 1.54) is 11.8 Å². The number of para-hydroxylation sites is 2. The maximum absolute atomic E-state index is 12.7. The lowest BCUT2D eigenvalue weighted by atomic mass is 10.1. The third-order valence-electron chi connectivity index (χ3n) is 5.85. The molecule has 0 aliphatic carbocycles. The summed E-state index contributed by atoms with van der Waals surface area (Å²) < 4.78 is 1.66. The first-order valence-corrected chi connectivity index (χ1v) is 12.2. The van der Waals surface area contributed by atoms with Crippen LogP contribution >= 0.6 is 11.8 Å². The van der Waals surface area contributed by atoms with Crippen molar-refractivity contribution in [3.63, 3.8) is 0 Å². The highest BCUT2D eigenvalue weighted by molar-refractivity contribution is 7.99. The first-order valence-electron chi connectivity index (χ1n) is 11.2. The SMILES string of the molecule is Cc1cccc(NC(=O)CSc2nc(C=C3C=c4ccccc4=N3)c(O)n2-c2ccccc2)c1C. The number of benzene rings is 3. The van der Waals surface area contributed by atoms with Gasteiger partial charge in [0.25, 0.3) is 0 Å². The molecule has 6 nitrogen and oxygen atoms in total. The van der Waals surface area contributed by atoms with E-state index in [0.717, 1.165) is 33.1 Å². The van der Waals surface area contributed by atoms with Gasteiger partial charge in [0.05, 0.1) is 22.5 Å². The Morgan fingerprint density at radius 3 is 2.60 bits per heavy atom. The number of aromatic nitrogens is 2. The minimum atomic E-state index is -0.139. The molecule has 4 aromatic rings. The molecule has 1 amide bonds. The molecule has 0 radical (unpaired) electrons. The van der Waals surface area contributed by atoms with Gasteiger partial charge in [-0.1, -0.05) is 60.3 Å². The first-order chi connectivity index (χ1) is 17.0. The van der Waals surface area contributed by atoms with E-state index >= 15 is 0 Å². The van der Waals surface area contributed by atoms with Gasteiger partial charge in [0.15, 0.2) is 5.16 Å². The number of carbonyl (C=O) groups excluding carboxylic acids is 1. The number of rotatable bonds is 6. The lowest BCUT2D eigenvalue weighted by molar-refractivity contribution is -0.113. The fourth-order valence-electron chi connectivity index (χ4n) is 3.87. The molecule has 174 valence electrons. The molecule has 0 bridgehead atoms. The summed E-state index contributed by atoms with van der Waals surface area (Å²) in [5.41, 5.74) is 4.83. The number of amides is 1. The number of carbonyl (C=O) groups is 1. The lowest BCUT2D eigenvalue weighted by Crippen LogP contribution is -2.19. The van der Waals surface area contributed by atoms with Gasteiger partial charge < -0.3 is 10.4 Å². The van der Waals surface area contributed by atoms with Gasteiger partial charge in [-0.15, -0.1) is 0 Å². The molecule has 7 heteroatoms. The number of hydrogen-bond acceptors (Lipinski definition) is 5. The van der Waals surface area contributed by atoms with Crippen LogP contribution in [0.5, 0.6) is 5.88 Å². The molecule has 0 unspecified atom stereocenters. The van der Waals surface area contributed by atoms with E-state index in [4.69, 9.17) is 0 Å². The van der Waals surface area contributed by atoms with Crippen LogP contribution in [-0.2, 0) is 4.79 Å². The van der Waals surface area contributed by atoms with Crippen molar-refractivity contribution in [3.8, 4) is 11.6 Å². The van der Waals surface area contributed by atoms with Gasteiger partial charge in [0.2, 0.25) is 11.8 Å². The fourth-order valence-corrected chi connectivity index (χ4v) is 4.69. The second kappa shape index (κ2) is 9.64. The number of hydrogen-bond donors (Lipinski definition) is 2. The number of nitrogens with zero attached hydrogens (tertiary/aromatic N) is 3. The zero-order chi connectivity index (χ0) is 24.4. The highest BCUT2D eigenvalue weighted by atomic mass is 32.2. The van der Waals surface area contributed by atoms with E-state index in [-0.39, 0.29) is 17.5 Å². The van der Waals surface area contributed by atoms with Gasteiger partial charge in [0.1, 0.15) is 5.69 Å². The molecule has 0 fully saturated rings. The molecular weight excluding hydrogens is 456 g/mol. The van der Waals surface area contributed by atoms with E-state index in [9.17, 15) is 9.90 Å². The van der Waals surface area contributed by atoms with Gasteiger partial charge in [-0.25, -0.2) is 9.98 Å². The molecule has 3 aromatic carbocycles. The summed E-state index contributed by atoms with van der Waals surface area (Å²) >= 11 is 1.27. The zero-order valence-electron chi connectivity index (χ0n) is 19.4. The second-order valence-corrected chi connectivity index (χ2v) is 9.19. The number of imidazole rings is 1. The van der Waals surface area contributed by atoms with E-state index in [2.05, 4.69) is 15.3 Å². The van der Waals surface area contributed by atoms with Gasteiger partial charge in [-0.05, 0) is 61.4 Å². The smallest absolute Gasteiger partial charge is 0.234 e. The summed E-state index contributed by atoms with van der Waals surface area (Å²) in [6.07, 6.45) is 3.72. The molecule has 1 aliphatic heterocycles. The van der Waals surface area contributed by atoms with Crippen LogP contribution in [-0.4, -0.2) is 26.3 Å². The van der Waals surface area contributed by atoms with Crippen molar-refractivity contribution in [1.82, 2.24) is 9.55 Å². The number of allylic oxidation sites excluding steroid dienone is 1. The van der Waals surface area contributed by atoms with E-state index in [0.29, 0.717) is 16.5 Å². The Bertz CT molecular complexity index is 1540. The van der Waals surface area contributed by atoms with Crippen LogP contribution in [0.15, 0.2) is 88.6 Å². The Morgan fingerprint density at radius 2 is 1.80 bits per heavy atom. The maximum Gasteiger partial charge on any atom is 0.234 e. The molecule has 0 saturated carbocycles. The predicted molar refractivity (Wildman–Crippen MR) is 140 cm³/mol. The third-order valence-corrected chi connectivity index (χ3v) is 6.79. The highest BCUT2D eigenvalue weighted by Crippen LogP contribution is 2.32. The van der Waals surface area contributed by atoms with Crippen LogP contribution in [0.2, 0.25) is 0 Å². The van der Waals surface area contributed by atoms with Gasteiger partial charge in [-0.2, -0.15) is 0 Å². The molecule has 2 N–H and O–H groups in total. The van der Waals surface area contributed by atoms with Crippen LogP contribution < -0.4 is 15.9 Å². The Kier molecular flexibility index (Phi) is 6.25. The summed E-state index contributed by atoms with van der Waals surface area (Å²) in [7, 11) is 0. The number of aryl methyl sites for hydroxylation is 1. The topological polar surface area (TPSA) is 79.5 Å². The number of fused-ring (bicyclic) bond motifs is 1. The molecule has 1 aliphatic rings. The van der Waals surface area contributed by atoms with Crippen LogP contribution in [0.3, 0.4) is 0 Å². The average molecular weight is 481 g/mol. The summed E-state index contributed by atoms with van der Waals surface area (Å²) in [6, 6.07) is 23.2. The summed E-state index contributed by atoms with van der Waals surface area (Å²) in [6.45, 7) is 4.00. The Balaban J connectivity index is 1.44. The second-order valence-electron chi connectivity index (χ2n) is 8.24. The van der Waals surface area contributed by atoms with Gasteiger partial charge in [-0.3, -0.25) is 9.36 Å². The quantitative estimate of drug-likeness (QED) is 0.402. The average Bonchev–Trinajstić information content (AvgIpc) is 3.41. The normalized spacial score (nSPS) is 13.3. The Morgan fingerprint density at radius 1 is 1.03 bits per heavy atom. The monoisotopic (exact) mass is 480 g/mol. The molecular formula is C28H24N4O2S. The highest BCUT2D eigenvalue weighted by Gasteiger charge is 2.19. The molecule has 0 atom stereocenters. The van der Waals surface area contributed by atoms with Crippen molar-refractivity contribution in [1.29, 1.82) is 0 Å². The minimum Gasteiger partial charge on any atom is -0.493 e. The van der Waals surface area contributed by atoms with Crippen LogP contribution in [0, 0.1) is 13.8 Å². The summed E-state index contributed by atoms with van der Waals surface area (Å²) in [4.78, 5) is 22.0. The molecule has 0 spiro atoms. The minimum absolute atomic E-state index is 0.000642. The molecule has 1 aromatic heterocycles. The lowest BCUT2D eigenvalue weighted by Gasteiger charge is -2.11.